The number of hydrogen-bond acceptors (Lipinski definition) is 3. The van der Waals surface area contributed by atoms with E-state index in [2.05, 4.69) is 47.0 Å². The molecule has 0 aliphatic rings. The molecule has 0 saturated carbocycles. The third-order valence-electron chi connectivity index (χ3n) is 2.70. The predicted molar refractivity (Wildman–Crippen MR) is 75.7 cm³/mol. The van der Waals surface area contributed by atoms with Crippen LogP contribution >= 0.6 is 15.9 Å². The van der Waals surface area contributed by atoms with Crippen LogP contribution in [0.15, 0.2) is 28.7 Å². The first-order valence-electron chi connectivity index (χ1n) is 5.84. The smallest absolute Gasteiger partial charge is 0.100 e. The quantitative estimate of drug-likeness (QED) is 0.928. The van der Waals surface area contributed by atoms with Gasteiger partial charge in [0.05, 0.1) is 11.4 Å². The van der Waals surface area contributed by atoms with Crippen LogP contribution in [-0.4, -0.2) is 15.0 Å². The van der Waals surface area contributed by atoms with E-state index in [1.165, 1.54) is 0 Å². The number of benzene rings is 1. The van der Waals surface area contributed by atoms with E-state index in [1.807, 2.05) is 28.9 Å². The van der Waals surface area contributed by atoms with Crippen LogP contribution in [0.5, 0.6) is 0 Å². The maximum atomic E-state index is 5.74. The van der Waals surface area contributed by atoms with E-state index in [0.717, 1.165) is 21.5 Å². The van der Waals surface area contributed by atoms with Gasteiger partial charge in [0.15, 0.2) is 0 Å². The summed E-state index contributed by atoms with van der Waals surface area (Å²) in [6, 6.07) is 8.00. The van der Waals surface area contributed by atoms with Gasteiger partial charge in [-0.1, -0.05) is 48.0 Å². The molecule has 1 aromatic heterocycles. The molecule has 2 N–H and O–H groups in total. The number of hydrogen-bond donors (Lipinski definition) is 1. The van der Waals surface area contributed by atoms with Gasteiger partial charge in [0, 0.05) is 16.4 Å². The average molecular weight is 309 g/mol. The van der Waals surface area contributed by atoms with Gasteiger partial charge in [0.1, 0.15) is 5.69 Å². The normalized spacial score (nSPS) is 11.8. The Bertz CT molecular complexity index is 554. The Morgan fingerprint density at radius 1 is 1.33 bits per heavy atom. The van der Waals surface area contributed by atoms with Gasteiger partial charge in [-0.15, -0.1) is 5.10 Å². The van der Waals surface area contributed by atoms with Crippen LogP contribution in [-0.2, 0) is 12.0 Å². The maximum Gasteiger partial charge on any atom is 0.100 e. The summed E-state index contributed by atoms with van der Waals surface area (Å²) < 4.78 is 2.89. The van der Waals surface area contributed by atoms with Crippen molar-refractivity contribution < 1.29 is 0 Å². The molecule has 18 heavy (non-hydrogen) atoms. The highest BCUT2D eigenvalue weighted by atomic mass is 79.9. The van der Waals surface area contributed by atoms with E-state index in [-0.39, 0.29) is 5.41 Å². The van der Waals surface area contributed by atoms with Crippen LogP contribution in [0.1, 0.15) is 32.2 Å². The Morgan fingerprint density at radius 3 is 2.61 bits per heavy atom. The molecule has 0 atom stereocenters. The van der Waals surface area contributed by atoms with Gasteiger partial charge in [-0.3, -0.25) is 0 Å². The first-order valence-corrected chi connectivity index (χ1v) is 6.64. The lowest BCUT2D eigenvalue weighted by Gasteiger charge is -2.21. The average Bonchev–Trinajstić information content (AvgIpc) is 2.72. The monoisotopic (exact) mass is 308 g/mol. The van der Waals surface area contributed by atoms with Gasteiger partial charge in [-0.05, 0) is 18.2 Å². The van der Waals surface area contributed by atoms with Crippen molar-refractivity contribution >= 4 is 15.9 Å². The summed E-state index contributed by atoms with van der Waals surface area (Å²) in [5.74, 6) is 0. The number of aromatic nitrogens is 3. The molecule has 5 heteroatoms. The molecule has 0 aliphatic heterocycles. The summed E-state index contributed by atoms with van der Waals surface area (Å²) in [5.41, 5.74) is 8.58. The molecule has 0 saturated heterocycles. The van der Waals surface area contributed by atoms with Crippen LogP contribution in [0.4, 0.5) is 0 Å². The predicted octanol–water partition coefficient (Wildman–Crippen LogP) is 2.79. The van der Waals surface area contributed by atoms with Crippen molar-refractivity contribution in [2.24, 2.45) is 5.73 Å². The Balaban J connectivity index is 2.62. The Morgan fingerprint density at radius 2 is 2.06 bits per heavy atom. The molecular formula is C13H17BrN4. The van der Waals surface area contributed by atoms with Gasteiger partial charge in [0.2, 0.25) is 0 Å². The van der Waals surface area contributed by atoms with Gasteiger partial charge >= 0.3 is 0 Å². The Labute approximate surface area is 115 Å². The molecule has 1 heterocycles. The molecule has 0 radical (unpaired) electrons. The minimum Gasteiger partial charge on any atom is -0.325 e. The summed E-state index contributed by atoms with van der Waals surface area (Å²) in [6.45, 7) is 6.82. The largest absolute Gasteiger partial charge is 0.325 e. The van der Waals surface area contributed by atoms with E-state index < -0.39 is 0 Å². The zero-order valence-corrected chi connectivity index (χ0v) is 12.4. The number of rotatable bonds is 2. The van der Waals surface area contributed by atoms with Gasteiger partial charge < -0.3 is 5.73 Å². The second kappa shape index (κ2) is 4.82. The molecule has 2 aromatic rings. The van der Waals surface area contributed by atoms with E-state index in [0.29, 0.717) is 6.54 Å². The number of halogens is 1. The molecule has 0 spiro atoms. The van der Waals surface area contributed by atoms with E-state index in [4.69, 9.17) is 5.73 Å². The van der Waals surface area contributed by atoms with Crippen LogP contribution in [0.2, 0.25) is 0 Å². The van der Waals surface area contributed by atoms with Crippen molar-refractivity contribution in [1.29, 1.82) is 0 Å². The molecule has 96 valence electrons. The minimum atomic E-state index is -0.0550. The molecule has 0 amide bonds. The summed E-state index contributed by atoms with van der Waals surface area (Å²) in [4.78, 5) is 0. The fourth-order valence-corrected chi connectivity index (χ4v) is 2.38. The summed E-state index contributed by atoms with van der Waals surface area (Å²) >= 11 is 3.47. The first kappa shape index (κ1) is 13.2. The summed E-state index contributed by atoms with van der Waals surface area (Å²) in [5, 5.41) is 8.41. The van der Waals surface area contributed by atoms with Crippen molar-refractivity contribution in [3.05, 3.63) is 40.1 Å². The van der Waals surface area contributed by atoms with Crippen molar-refractivity contribution in [3.63, 3.8) is 0 Å². The standard InChI is InChI=1S/C13H17BrN4/c1-13(2,3)12-11(8-15)16-17-18(12)10-6-4-5-9(14)7-10/h4-7H,8,15H2,1-3H3. The highest BCUT2D eigenvalue weighted by molar-refractivity contribution is 9.10. The number of nitrogens with two attached hydrogens (primary N) is 1. The van der Waals surface area contributed by atoms with Crippen molar-refractivity contribution in [3.8, 4) is 5.69 Å². The molecule has 4 nitrogen and oxygen atoms in total. The van der Waals surface area contributed by atoms with E-state index in [1.54, 1.807) is 0 Å². The highest BCUT2D eigenvalue weighted by Crippen LogP contribution is 2.27. The van der Waals surface area contributed by atoms with Crippen molar-refractivity contribution in [2.75, 3.05) is 0 Å². The van der Waals surface area contributed by atoms with Crippen LogP contribution in [0.3, 0.4) is 0 Å². The maximum absolute atomic E-state index is 5.74. The lowest BCUT2D eigenvalue weighted by atomic mass is 9.90. The fraction of sp³-hybridized carbons (Fsp3) is 0.385. The molecule has 0 aliphatic carbocycles. The minimum absolute atomic E-state index is 0.0550. The summed E-state index contributed by atoms with van der Waals surface area (Å²) in [7, 11) is 0. The van der Waals surface area contributed by atoms with Gasteiger partial charge in [-0.2, -0.15) is 0 Å². The Hall–Kier alpha value is -1.20. The van der Waals surface area contributed by atoms with Crippen LogP contribution < -0.4 is 5.73 Å². The van der Waals surface area contributed by atoms with Crippen LogP contribution in [0.25, 0.3) is 5.69 Å². The van der Waals surface area contributed by atoms with Crippen LogP contribution in [0, 0.1) is 0 Å². The molecule has 1 aromatic carbocycles. The van der Waals surface area contributed by atoms with E-state index >= 15 is 0 Å². The fourth-order valence-electron chi connectivity index (χ4n) is 1.99. The van der Waals surface area contributed by atoms with Crippen molar-refractivity contribution in [1.82, 2.24) is 15.0 Å². The Kier molecular flexibility index (Phi) is 3.54. The molecule has 0 fully saturated rings. The second-order valence-electron chi connectivity index (χ2n) is 5.23. The van der Waals surface area contributed by atoms with Gasteiger partial charge in [0.25, 0.3) is 0 Å². The molecule has 0 unspecified atom stereocenters. The van der Waals surface area contributed by atoms with Crippen molar-refractivity contribution in [2.45, 2.75) is 32.7 Å². The zero-order chi connectivity index (χ0) is 13.3. The lowest BCUT2D eigenvalue weighted by molar-refractivity contribution is 0.537. The highest BCUT2D eigenvalue weighted by Gasteiger charge is 2.25. The molecule has 0 bridgehead atoms. The number of nitrogens with zero attached hydrogens (tertiary/aromatic N) is 3. The second-order valence-corrected chi connectivity index (χ2v) is 6.15. The first-order chi connectivity index (χ1) is 8.43. The van der Waals surface area contributed by atoms with Gasteiger partial charge in [-0.25, -0.2) is 4.68 Å². The SMILES string of the molecule is CC(C)(C)c1c(CN)nnn1-c1cccc(Br)c1. The molecular weight excluding hydrogens is 292 g/mol. The lowest BCUT2D eigenvalue weighted by Crippen LogP contribution is -2.20. The summed E-state index contributed by atoms with van der Waals surface area (Å²) in [6.07, 6.45) is 0. The third-order valence-corrected chi connectivity index (χ3v) is 3.19. The van der Waals surface area contributed by atoms with E-state index in [9.17, 15) is 0 Å². The molecule has 2 rings (SSSR count). The zero-order valence-electron chi connectivity index (χ0n) is 10.8. The third kappa shape index (κ3) is 2.47. The topological polar surface area (TPSA) is 56.7 Å².